The molecule has 2 aliphatic heterocycles. The molecule has 0 unspecified atom stereocenters. The Labute approximate surface area is 188 Å². The van der Waals surface area contributed by atoms with Crippen LogP contribution in [-0.4, -0.2) is 22.6 Å². The van der Waals surface area contributed by atoms with Gasteiger partial charge in [-0.15, -0.1) is 0 Å². The average Bonchev–Trinajstić information content (AvgIpc) is 3.40. The predicted molar refractivity (Wildman–Crippen MR) is 123 cm³/mol. The van der Waals surface area contributed by atoms with Crippen LogP contribution in [0.3, 0.4) is 0 Å². The van der Waals surface area contributed by atoms with Crippen molar-refractivity contribution in [1.82, 2.24) is 14.9 Å². The second-order valence-corrected chi connectivity index (χ2v) is 8.51. The summed E-state index contributed by atoms with van der Waals surface area (Å²) < 4.78 is 35.5. The van der Waals surface area contributed by atoms with Crippen LogP contribution in [-0.2, 0) is 6.61 Å². The van der Waals surface area contributed by atoms with E-state index in [1.807, 2.05) is 28.8 Å². The maximum absolute atomic E-state index is 13.9. The first-order chi connectivity index (χ1) is 16.1. The molecular formula is C26H21F2N3O2. The monoisotopic (exact) mass is 445 g/mol. The predicted octanol–water partition coefficient (Wildman–Crippen LogP) is 4.62. The second kappa shape index (κ2) is 7.71. The molecule has 0 radical (unpaired) electrons. The van der Waals surface area contributed by atoms with E-state index in [1.54, 1.807) is 12.1 Å². The van der Waals surface area contributed by atoms with Crippen molar-refractivity contribution in [2.24, 2.45) is 0 Å². The number of fused-ring (bicyclic) bond motifs is 3. The van der Waals surface area contributed by atoms with Gasteiger partial charge in [0, 0.05) is 23.7 Å². The summed E-state index contributed by atoms with van der Waals surface area (Å²) in [6.45, 7) is 1.82. The lowest BCUT2D eigenvalue weighted by atomic mass is 9.92. The van der Waals surface area contributed by atoms with E-state index >= 15 is 0 Å². The van der Waals surface area contributed by atoms with Crippen LogP contribution >= 0.6 is 0 Å². The van der Waals surface area contributed by atoms with Gasteiger partial charge in [0.15, 0.2) is 0 Å². The van der Waals surface area contributed by atoms with Crippen LogP contribution in [0.2, 0.25) is 0 Å². The van der Waals surface area contributed by atoms with Crippen molar-refractivity contribution in [3.05, 3.63) is 99.0 Å². The number of imidazole rings is 1. The third kappa shape index (κ3) is 3.45. The molecule has 1 fully saturated rings. The Morgan fingerprint density at radius 2 is 1.82 bits per heavy atom. The fraction of sp³-hybridized carbons (Fsp3) is 0.192. The summed E-state index contributed by atoms with van der Waals surface area (Å²) in [6.07, 6.45) is 2.88. The maximum atomic E-state index is 13.9. The standard InChI is InChI=1S/C26H21F2N3O2/c27-17-2-4-20-16(11-17)14-33-25-12-18(28)3-5-21(25)22(20)9-15-1-6-24-23(10-15)30-26(32)31(24)19-7-8-29-13-19/h1-6,9-12,19,29H,7-8,13-14H2,(H,30,32)/t19-/m0/s1. The number of aromatic amines is 1. The number of ether oxygens (including phenoxy) is 1. The summed E-state index contributed by atoms with van der Waals surface area (Å²) in [5, 5.41) is 3.30. The summed E-state index contributed by atoms with van der Waals surface area (Å²) in [5.41, 5.74) is 5.41. The summed E-state index contributed by atoms with van der Waals surface area (Å²) in [7, 11) is 0. The zero-order chi connectivity index (χ0) is 22.5. The maximum Gasteiger partial charge on any atom is 0.326 e. The minimum Gasteiger partial charge on any atom is -0.488 e. The normalized spacial score (nSPS) is 18.7. The molecule has 4 aromatic rings. The first kappa shape index (κ1) is 19.9. The highest BCUT2D eigenvalue weighted by molar-refractivity contribution is 5.95. The van der Waals surface area contributed by atoms with E-state index in [-0.39, 0.29) is 24.2 Å². The molecule has 6 rings (SSSR count). The number of benzene rings is 3. The van der Waals surface area contributed by atoms with E-state index in [4.69, 9.17) is 4.74 Å². The summed E-state index contributed by atoms with van der Waals surface area (Å²) in [4.78, 5) is 15.6. The third-order valence-corrected chi connectivity index (χ3v) is 6.43. The molecule has 7 heteroatoms. The van der Waals surface area contributed by atoms with Gasteiger partial charge in [-0.2, -0.15) is 0 Å². The van der Waals surface area contributed by atoms with Crippen molar-refractivity contribution in [3.8, 4) is 5.75 Å². The number of halogens is 2. The van der Waals surface area contributed by atoms with Crippen LogP contribution in [0.15, 0.2) is 59.4 Å². The lowest BCUT2D eigenvalue weighted by Crippen LogP contribution is -2.23. The van der Waals surface area contributed by atoms with Gasteiger partial charge in [-0.25, -0.2) is 13.6 Å². The number of hydrogen-bond acceptors (Lipinski definition) is 3. The van der Waals surface area contributed by atoms with Gasteiger partial charge in [-0.3, -0.25) is 4.57 Å². The number of nitrogens with one attached hydrogen (secondary N) is 2. The van der Waals surface area contributed by atoms with E-state index in [2.05, 4.69) is 10.3 Å². The summed E-state index contributed by atoms with van der Waals surface area (Å²) in [5.74, 6) is -0.338. The Morgan fingerprint density at radius 1 is 1.00 bits per heavy atom. The smallest absolute Gasteiger partial charge is 0.326 e. The van der Waals surface area contributed by atoms with Crippen molar-refractivity contribution in [3.63, 3.8) is 0 Å². The van der Waals surface area contributed by atoms with Crippen LogP contribution in [0.5, 0.6) is 5.75 Å². The Kier molecular flexibility index (Phi) is 4.66. The van der Waals surface area contributed by atoms with E-state index in [1.165, 1.54) is 24.3 Å². The lowest BCUT2D eigenvalue weighted by molar-refractivity contribution is 0.305. The number of rotatable bonds is 2. The molecule has 33 heavy (non-hydrogen) atoms. The van der Waals surface area contributed by atoms with Crippen molar-refractivity contribution in [1.29, 1.82) is 0 Å². The van der Waals surface area contributed by atoms with Crippen LogP contribution in [0.25, 0.3) is 22.7 Å². The van der Waals surface area contributed by atoms with Gasteiger partial charge in [0.2, 0.25) is 0 Å². The number of H-pyrrole nitrogens is 1. The van der Waals surface area contributed by atoms with Gasteiger partial charge in [-0.1, -0.05) is 12.1 Å². The molecule has 3 heterocycles. The van der Waals surface area contributed by atoms with Crippen molar-refractivity contribution >= 4 is 22.7 Å². The molecule has 1 saturated heterocycles. The zero-order valence-electron chi connectivity index (χ0n) is 17.7. The Balaban J connectivity index is 1.52. The van der Waals surface area contributed by atoms with Gasteiger partial charge < -0.3 is 15.0 Å². The van der Waals surface area contributed by atoms with Gasteiger partial charge >= 0.3 is 5.69 Å². The SMILES string of the molecule is O=c1[nH]c2cc(C=C3c4ccc(F)cc4COc4cc(F)ccc43)ccc2n1[C@H]1CCNC1. The van der Waals surface area contributed by atoms with E-state index in [0.717, 1.165) is 52.8 Å². The highest BCUT2D eigenvalue weighted by atomic mass is 19.1. The molecule has 0 saturated carbocycles. The Morgan fingerprint density at radius 3 is 2.64 bits per heavy atom. The number of nitrogens with zero attached hydrogens (tertiary/aromatic N) is 1. The molecule has 0 amide bonds. The van der Waals surface area contributed by atoms with Crippen LogP contribution in [0.1, 0.15) is 34.7 Å². The number of aromatic nitrogens is 2. The molecule has 1 atom stereocenters. The molecule has 2 aliphatic rings. The Bertz CT molecular complexity index is 1420. The molecule has 5 nitrogen and oxygen atoms in total. The van der Waals surface area contributed by atoms with Gasteiger partial charge in [0.1, 0.15) is 24.0 Å². The molecule has 166 valence electrons. The minimum atomic E-state index is -0.396. The van der Waals surface area contributed by atoms with E-state index < -0.39 is 5.82 Å². The first-order valence-electron chi connectivity index (χ1n) is 10.9. The molecule has 0 aliphatic carbocycles. The van der Waals surface area contributed by atoms with Gasteiger partial charge in [0.25, 0.3) is 0 Å². The van der Waals surface area contributed by atoms with E-state index in [0.29, 0.717) is 11.3 Å². The summed E-state index contributed by atoms with van der Waals surface area (Å²) in [6, 6.07) is 15.0. The van der Waals surface area contributed by atoms with Gasteiger partial charge in [0.05, 0.1) is 17.1 Å². The van der Waals surface area contributed by atoms with E-state index in [9.17, 15) is 13.6 Å². The van der Waals surface area contributed by atoms with Crippen molar-refractivity contribution < 1.29 is 13.5 Å². The fourth-order valence-electron chi connectivity index (χ4n) is 4.87. The second-order valence-electron chi connectivity index (χ2n) is 8.51. The molecule has 3 aromatic carbocycles. The highest BCUT2D eigenvalue weighted by Crippen LogP contribution is 2.38. The highest BCUT2D eigenvalue weighted by Gasteiger charge is 2.22. The van der Waals surface area contributed by atoms with Crippen molar-refractivity contribution in [2.45, 2.75) is 19.1 Å². The van der Waals surface area contributed by atoms with Crippen molar-refractivity contribution in [2.75, 3.05) is 13.1 Å². The average molecular weight is 445 g/mol. The molecular weight excluding hydrogens is 424 g/mol. The first-order valence-corrected chi connectivity index (χ1v) is 10.9. The quantitative estimate of drug-likeness (QED) is 0.473. The third-order valence-electron chi connectivity index (χ3n) is 6.43. The zero-order valence-corrected chi connectivity index (χ0v) is 17.7. The van der Waals surface area contributed by atoms with Crippen LogP contribution < -0.4 is 15.7 Å². The largest absolute Gasteiger partial charge is 0.488 e. The minimum absolute atomic E-state index is 0.118. The molecule has 2 N–H and O–H groups in total. The molecule has 0 spiro atoms. The fourth-order valence-corrected chi connectivity index (χ4v) is 4.87. The van der Waals surface area contributed by atoms with Gasteiger partial charge in [-0.05, 0) is 72.1 Å². The molecule has 1 aromatic heterocycles. The topological polar surface area (TPSA) is 59.1 Å². The summed E-state index contributed by atoms with van der Waals surface area (Å²) >= 11 is 0. The van der Waals surface area contributed by atoms with Crippen LogP contribution in [0, 0.1) is 11.6 Å². The Hall–Kier alpha value is -3.71. The lowest BCUT2D eigenvalue weighted by Gasteiger charge is -2.12. The molecule has 0 bridgehead atoms. The number of hydrogen-bond donors (Lipinski definition) is 2. The van der Waals surface area contributed by atoms with Crippen LogP contribution in [0.4, 0.5) is 8.78 Å².